The molecule has 2 atom stereocenters. The van der Waals surface area contributed by atoms with Gasteiger partial charge in [-0.25, -0.2) is 0 Å². The first kappa shape index (κ1) is 15.3. The van der Waals surface area contributed by atoms with Crippen LogP contribution in [0.5, 0.6) is 0 Å². The van der Waals surface area contributed by atoms with Crippen LogP contribution in [0, 0.1) is 0 Å². The molecule has 0 radical (unpaired) electrons. The highest BCUT2D eigenvalue weighted by Crippen LogP contribution is 2.23. The van der Waals surface area contributed by atoms with Crippen LogP contribution in [-0.2, 0) is 11.2 Å². The fourth-order valence-corrected chi connectivity index (χ4v) is 3.65. The summed E-state index contributed by atoms with van der Waals surface area (Å²) in [5.41, 5.74) is 1.35. The third-order valence-corrected chi connectivity index (χ3v) is 4.92. The molecule has 116 valence electrons. The molecule has 1 aromatic carbocycles. The zero-order valence-corrected chi connectivity index (χ0v) is 13.5. The van der Waals surface area contributed by atoms with E-state index in [4.69, 9.17) is 16.3 Å². The average Bonchev–Trinajstić information content (AvgIpc) is 2.52. The first-order chi connectivity index (χ1) is 10.2. The van der Waals surface area contributed by atoms with Crippen molar-refractivity contribution in [2.75, 3.05) is 26.2 Å². The molecular formula is C17H25ClN2O. The minimum absolute atomic E-state index is 0.348. The highest BCUT2D eigenvalue weighted by molar-refractivity contribution is 6.30. The summed E-state index contributed by atoms with van der Waals surface area (Å²) in [6.45, 7) is 6.37. The van der Waals surface area contributed by atoms with Gasteiger partial charge in [0.25, 0.3) is 0 Å². The van der Waals surface area contributed by atoms with Gasteiger partial charge in [0, 0.05) is 23.7 Å². The lowest BCUT2D eigenvalue weighted by Gasteiger charge is -2.45. The van der Waals surface area contributed by atoms with Crippen LogP contribution in [0.15, 0.2) is 24.3 Å². The van der Waals surface area contributed by atoms with Gasteiger partial charge in [0.15, 0.2) is 0 Å². The summed E-state index contributed by atoms with van der Waals surface area (Å²) >= 11 is 5.98. The Kier molecular flexibility index (Phi) is 5.17. The fraction of sp³-hybridized carbons (Fsp3) is 0.647. The molecule has 1 N–H and O–H groups in total. The summed E-state index contributed by atoms with van der Waals surface area (Å²) in [6.07, 6.45) is 3.91. The van der Waals surface area contributed by atoms with Crippen LogP contribution >= 0.6 is 11.6 Å². The largest absolute Gasteiger partial charge is 0.376 e. The number of halogens is 1. The van der Waals surface area contributed by atoms with Gasteiger partial charge in [0.1, 0.15) is 0 Å². The first-order valence-corrected chi connectivity index (χ1v) is 8.42. The smallest absolute Gasteiger partial charge is 0.0674 e. The van der Waals surface area contributed by atoms with Crippen molar-refractivity contribution in [3.05, 3.63) is 34.9 Å². The van der Waals surface area contributed by atoms with Crippen molar-refractivity contribution >= 4 is 11.6 Å². The van der Waals surface area contributed by atoms with Crippen LogP contribution < -0.4 is 5.32 Å². The molecule has 2 aliphatic rings. The number of nitrogens with one attached hydrogen (secondary N) is 1. The monoisotopic (exact) mass is 308 g/mol. The fourth-order valence-electron chi connectivity index (χ4n) is 3.52. The first-order valence-electron chi connectivity index (χ1n) is 8.05. The second-order valence-corrected chi connectivity index (χ2v) is 6.74. The van der Waals surface area contributed by atoms with Gasteiger partial charge in [0.05, 0.1) is 12.7 Å². The quantitative estimate of drug-likeness (QED) is 0.929. The van der Waals surface area contributed by atoms with Gasteiger partial charge < -0.3 is 10.1 Å². The number of benzene rings is 1. The molecule has 4 heteroatoms. The Hall–Kier alpha value is -0.610. The lowest BCUT2D eigenvalue weighted by Crippen LogP contribution is -2.56. The van der Waals surface area contributed by atoms with E-state index in [9.17, 15) is 0 Å². The van der Waals surface area contributed by atoms with Crippen molar-refractivity contribution in [3.63, 3.8) is 0 Å². The molecule has 2 fully saturated rings. The Morgan fingerprint density at radius 1 is 1.24 bits per heavy atom. The van der Waals surface area contributed by atoms with Crippen LogP contribution in [0.4, 0.5) is 0 Å². The Labute approximate surface area is 132 Å². The lowest BCUT2D eigenvalue weighted by atomic mass is 9.97. The third-order valence-electron chi connectivity index (χ3n) is 4.67. The standard InChI is InChI=1S/C17H25ClN2O/c1-13-11-20(16-6-8-19-9-7-16)17(12-21-13)10-14-2-4-15(18)5-3-14/h2-5,13,16-17,19H,6-12H2,1H3. The average molecular weight is 309 g/mol. The maximum absolute atomic E-state index is 5.98. The number of rotatable bonds is 3. The van der Waals surface area contributed by atoms with Gasteiger partial charge in [0.2, 0.25) is 0 Å². The molecule has 0 aliphatic carbocycles. The molecule has 2 unspecified atom stereocenters. The molecule has 2 heterocycles. The van der Waals surface area contributed by atoms with Gasteiger partial charge >= 0.3 is 0 Å². The number of hydrogen-bond acceptors (Lipinski definition) is 3. The molecule has 21 heavy (non-hydrogen) atoms. The Balaban J connectivity index is 1.69. The molecule has 3 rings (SSSR count). The zero-order chi connectivity index (χ0) is 14.7. The molecule has 2 saturated heterocycles. The van der Waals surface area contributed by atoms with Gasteiger partial charge in [-0.3, -0.25) is 4.90 Å². The van der Waals surface area contributed by atoms with E-state index in [-0.39, 0.29) is 0 Å². The van der Waals surface area contributed by atoms with Crippen LogP contribution in [0.1, 0.15) is 25.3 Å². The molecule has 0 aromatic heterocycles. The summed E-state index contributed by atoms with van der Waals surface area (Å²) in [5.74, 6) is 0. The van der Waals surface area contributed by atoms with Crippen molar-refractivity contribution < 1.29 is 4.74 Å². The number of morpholine rings is 1. The van der Waals surface area contributed by atoms with Crippen molar-refractivity contribution in [2.24, 2.45) is 0 Å². The maximum Gasteiger partial charge on any atom is 0.0674 e. The van der Waals surface area contributed by atoms with Crippen molar-refractivity contribution in [1.82, 2.24) is 10.2 Å². The van der Waals surface area contributed by atoms with E-state index >= 15 is 0 Å². The van der Waals surface area contributed by atoms with E-state index in [0.29, 0.717) is 18.2 Å². The van der Waals surface area contributed by atoms with Gasteiger partial charge in [-0.05, 0) is 57.0 Å². The molecule has 2 aliphatic heterocycles. The molecule has 3 nitrogen and oxygen atoms in total. The Bertz CT molecular complexity index is 445. The summed E-state index contributed by atoms with van der Waals surface area (Å²) in [7, 11) is 0. The van der Waals surface area contributed by atoms with Crippen LogP contribution in [-0.4, -0.2) is 49.3 Å². The highest BCUT2D eigenvalue weighted by Gasteiger charge is 2.32. The topological polar surface area (TPSA) is 24.5 Å². The van der Waals surface area contributed by atoms with E-state index in [0.717, 1.165) is 37.7 Å². The van der Waals surface area contributed by atoms with E-state index in [1.807, 2.05) is 12.1 Å². The van der Waals surface area contributed by atoms with E-state index in [1.54, 1.807) is 0 Å². The second kappa shape index (κ2) is 7.10. The Morgan fingerprint density at radius 2 is 1.95 bits per heavy atom. The summed E-state index contributed by atoms with van der Waals surface area (Å²) in [6, 6.07) is 9.44. The summed E-state index contributed by atoms with van der Waals surface area (Å²) in [4.78, 5) is 2.70. The number of piperidine rings is 1. The minimum Gasteiger partial charge on any atom is -0.376 e. The van der Waals surface area contributed by atoms with Crippen LogP contribution in [0.25, 0.3) is 0 Å². The minimum atomic E-state index is 0.348. The Morgan fingerprint density at radius 3 is 2.67 bits per heavy atom. The van der Waals surface area contributed by atoms with Gasteiger partial charge in [-0.15, -0.1) is 0 Å². The lowest BCUT2D eigenvalue weighted by molar-refractivity contribution is -0.0752. The predicted molar refractivity (Wildman–Crippen MR) is 87.0 cm³/mol. The third kappa shape index (κ3) is 3.98. The molecule has 0 amide bonds. The van der Waals surface area contributed by atoms with Gasteiger partial charge in [-0.1, -0.05) is 23.7 Å². The zero-order valence-electron chi connectivity index (χ0n) is 12.7. The number of hydrogen-bond donors (Lipinski definition) is 1. The SMILES string of the molecule is CC1CN(C2CCNCC2)C(Cc2ccc(Cl)cc2)CO1. The van der Waals surface area contributed by atoms with Crippen LogP contribution in [0.2, 0.25) is 5.02 Å². The summed E-state index contributed by atoms with van der Waals surface area (Å²) in [5, 5.41) is 4.27. The highest BCUT2D eigenvalue weighted by atomic mass is 35.5. The van der Waals surface area contributed by atoms with Gasteiger partial charge in [-0.2, -0.15) is 0 Å². The molecular weight excluding hydrogens is 284 g/mol. The predicted octanol–water partition coefficient (Wildman–Crippen LogP) is 2.72. The van der Waals surface area contributed by atoms with E-state index < -0.39 is 0 Å². The number of nitrogens with zero attached hydrogens (tertiary/aromatic N) is 1. The van der Waals surface area contributed by atoms with E-state index in [1.165, 1.54) is 18.4 Å². The second-order valence-electron chi connectivity index (χ2n) is 6.31. The van der Waals surface area contributed by atoms with Crippen molar-refractivity contribution in [2.45, 2.75) is 44.4 Å². The summed E-state index contributed by atoms with van der Waals surface area (Å²) < 4.78 is 5.92. The van der Waals surface area contributed by atoms with Crippen LogP contribution in [0.3, 0.4) is 0 Å². The normalized spacial score (nSPS) is 28.7. The number of ether oxygens (including phenoxy) is 1. The molecule has 0 spiro atoms. The van der Waals surface area contributed by atoms with E-state index in [2.05, 4.69) is 29.3 Å². The molecule has 0 saturated carbocycles. The molecule has 0 bridgehead atoms. The van der Waals surface area contributed by atoms with Crippen molar-refractivity contribution in [1.29, 1.82) is 0 Å². The van der Waals surface area contributed by atoms with Crippen molar-refractivity contribution in [3.8, 4) is 0 Å². The molecule has 1 aromatic rings. The maximum atomic E-state index is 5.98.